The number of hydrogen-bond donors (Lipinski definition) is 1. The van der Waals surface area contributed by atoms with Gasteiger partial charge in [-0.1, -0.05) is 25.1 Å². The first-order chi connectivity index (χ1) is 10.1. The average molecular weight is 286 g/mol. The fraction of sp³-hybridized carbons (Fsp3) is 0.529. The summed E-state index contributed by atoms with van der Waals surface area (Å²) in [5.41, 5.74) is 2.25. The Morgan fingerprint density at radius 1 is 1.29 bits per heavy atom. The number of anilines is 1. The summed E-state index contributed by atoms with van der Waals surface area (Å²) in [5, 5.41) is 2.89. The second-order valence-electron chi connectivity index (χ2n) is 6.13. The zero-order valence-electron chi connectivity index (χ0n) is 12.6. The van der Waals surface area contributed by atoms with Gasteiger partial charge in [-0.3, -0.25) is 9.59 Å². The fourth-order valence-corrected chi connectivity index (χ4v) is 3.22. The van der Waals surface area contributed by atoms with Crippen LogP contribution in [0.2, 0.25) is 0 Å². The molecule has 1 aromatic rings. The maximum absolute atomic E-state index is 12.7. The third-order valence-electron chi connectivity index (χ3n) is 4.44. The topological polar surface area (TPSA) is 49.4 Å². The van der Waals surface area contributed by atoms with Crippen LogP contribution in [0.25, 0.3) is 0 Å². The van der Waals surface area contributed by atoms with Crippen LogP contribution in [0.1, 0.15) is 32.3 Å². The molecule has 2 amide bonds. The van der Waals surface area contributed by atoms with Crippen molar-refractivity contribution in [3.05, 3.63) is 29.8 Å². The van der Waals surface area contributed by atoms with Gasteiger partial charge in [0.25, 0.3) is 0 Å². The molecule has 0 spiro atoms. The average Bonchev–Trinajstić information content (AvgIpc) is 3.20. The van der Waals surface area contributed by atoms with Crippen LogP contribution < -0.4 is 10.2 Å². The molecular weight excluding hydrogens is 264 g/mol. The molecule has 3 rings (SSSR count). The van der Waals surface area contributed by atoms with Crippen molar-refractivity contribution in [1.29, 1.82) is 0 Å². The van der Waals surface area contributed by atoms with Crippen molar-refractivity contribution in [3.63, 3.8) is 0 Å². The highest BCUT2D eigenvalue weighted by Gasteiger charge is 2.51. The van der Waals surface area contributed by atoms with Crippen LogP contribution in [0.4, 0.5) is 5.69 Å². The van der Waals surface area contributed by atoms with Gasteiger partial charge in [0, 0.05) is 18.3 Å². The van der Waals surface area contributed by atoms with Gasteiger partial charge in [-0.15, -0.1) is 0 Å². The molecular formula is C17H22N2O2. The maximum atomic E-state index is 12.7. The minimum atomic E-state index is -0.129. The lowest BCUT2D eigenvalue weighted by Gasteiger charge is -2.23. The van der Waals surface area contributed by atoms with Gasteiger partial charge in [0.1, 0.15) is 0 Å². The first-order valence-electron chi connectivity index (χ1n) is 7.82. The van der Waals surface area contributed by atoms with Gasteiger partial charge in [0.05, 0.1) is 11.8 Å². The van der Waals surface area contributed by atoms with E-state index in [4.69, 9.17) is 0 Å². The standard InChI is InChI=1S/C17H22N2O2/c1-3-8-18-16(20)13-10-14(13)17(21)19-11(2)9-12-6-4-5-7-15(12)19/h4-7,11,13-14H,3,8-10H2,1-2H3,(H,18,20). The summed E-state index contributed by atoms with van der Waals surface area (Å²) in [5.74, 6) is -0.0982. The number of nitrogens with one attached hydrogen (secondary N) is 1. The number of hydrogen-bond acceptors (Lipinski definition) is 2. The van der Waals surface area contributed by atoms with Crippen LogP contribution in [-0.4, -0.2) is 24.4 Å². The number of amides is 2. The molecule has 1 aliphatic carbocycles. The zero-order valence-corrected chi connectivity index (χ0v) is 12.6. The van der Waals surface area contributed by atoms with Crippen molar-refractivity contribution in [1.82, 2.24) is 5.32 Å². The number of benzene rings is 1. The van der Waals surface area contributed by atoms with Gasteiger partial charge in [0.2, 0.25) is 11.8 Å². The Kier molecular flexibility index (Phi) is 3.70. The normalized spacial score (nSPS) is 26.4. The van der Waals surface area contributed by atoms with E-state index >= 15 is 0 Å². The zero-order chi connectivity index (χ0) is 15.0. The molecule has 21 heavy (non-hydrogen) atoms. The van der Waals surface area contributed by atoms with Crippen LogP contribution >= 0.6 is 0 Å². The Labute approximate surface area is 125 Å². The molecule has 1 aliphatic heterocycles. The van der Waals surface area contributed by atoms with Crippen LogP contribution in [0.3, 0.4) is 0 Å². The van der Waals surface area contributed by atoms with Crippen LogP contribution in [0.5, 0.6) is 0 Å². The predicted molar refractivity (Wildman–Crippen MR) is 82.0 cm³/mol. The van der Waals surface area contributed by atoms with Crippen molar-refractivity contribution in [2.75, 3.05) is 11.4 Å². The summed E-state index contributed by atoms with van der Waals surface area (Å²) in [6.45, 7) is 4.80. The maximum Gasteiger partial charge on any atom is 0.231 e. The Balaban J connectivity index is 1.69. The third kappa shape index (κ3) is 2.55. The second-order valence-corrected chi connectivity index (χ2v) is 6.13. The molecule has 1 fully saturated rings. The van der Waals surface area contributed by atoms with Gasteiger partial charge in [-0.25, -0.2) is 0 Å². The lowest BCUT2D eigenvalue weighted by molar-refractivity contribution is -0.126. The van der Waals surface area contributed by atoms with E-state index in [2.05, 4.69) is 18.3 Å². The van der Waals surface area contributed by atoms with Crippen molar-refractivity contribution in [2.45, 2.75) is 39.2 Å². The highest BCUT2D eigenvalue weighted by atomic mass is 16.2. The SMILES string of the molecule is CCCNC(=O)C1CC1C(=O)N1c2ccccc2CC1C. The van der Waals surface area contributed by atoms with E-state index in [-0.39, 0.29) is 29.7 Å². The molecule has 0 bridgehead atoms. The van der Waals surface area contributed by atoms with Gasteiger partial charge in [-0.2, -0.15) is 0 Å². The number of rotatable bonds is 4. The Bertz CT molecular complexity index is 570. The van der Waals surface area contributed by atoms with Gasteiger partial charge < -0.3 is 10.2 Å². The Morgan fingerprint density at radius 3 is 2.81 bits per heavy atom. The van der Waals surface area contributed by atoms with Crippen LogP contribution in [0.15, 0.2) is 24.3 Å². The monoisotopic (exact) mass is 286 g/mol. The van der Waals surface area contributed by atoms with E-state index in [0.29, 0.717) is 13.0 Å². The molecule has 1 saturated carbocycles. The van der Waals surface area contributed by atoms with E-state index in [1.54, 1.807) is 0 Å². The van der Waals surface area contributed by atoms with Gasteiger partial charge >= 0.3 is 0 Å². The molecule has 1 aromatic carbocycles. The highest BCUT2D eigenvalue weighted by Crippen LogP contribution is 2.43. The van der Waals surface area contributed by atoms with E-state index in [1.165, 1.54) is 5.56 Å². The molecule has 0 aromatic heterocycles. The molecule has 1 N–H and O–H groups in total. The number of para-hydroxylation sites is 1. The molecule has 0 saturated heterocycles. The van der Waals surface area contributed by atoms with Crippen molar-refractivity contribution < 1.29 is 9.59 Å². The van der Waals surface area contributed by atoms with E-state index in [9.17, 15) is 9.59 Å². The Hall–Kier alpha value is -1.84. The van der Waals surface area contributed by atoms with E-state index in [0.717, 1.165) is 18.5 Å². The van der Waals surface area contributed by atoms with Gasteiger partial charge in [-0.05, 0) is 37.8 Å². The smallest absolute Gasteiger partial charge is 0.231 e. The number of fused-ring (bicyclic) bond motifs is 1. The van der Waals surface area contributed by atoms with Crippen LogP contribution in [-0.2, 0) is 16.0 Å². The number of nitrogens with zero attached hydrogens (tertiary/aromatic N) is 1. The summed E-state index contributed by atoms with van der Waals surface area (Å²) in [6, 6.07) is 8.26. The molecule has 4 heteroatoms. The number of carbonyl (C=O) groups excluding carboxylic acids is 2. The minimum absolute atomic E-state index is 0.0373. The van der Waals surface area contributed by atoms with Crippen molar-refractivity contribution in [2.24, 2.45) is 11.8 Å². The first-order valence-corrected chi connectivity index (χ1v) is 7.82. The molecule has 1 heterocycles. The molecule has 0 radical (unpaired) electrons. The van der Waals surface area contributed by atoms with Gasteiger partial charge in [0.15, 0.2) is 0 Å². The number of carbonyl (C=O) groups is 2. The highest BCUT2D eigenvalue weighted by molar-refractivity contribution is 6.02. The summed E-state index contributed by atoms with van der Waals surface area (Å²) in [4.78, 5) is 26.6. The molecule has 4 nitrogen and oxygen atoms in total. The lowest BCUT2D eigenvalue weighted by atomic mass is 10.1. The van der Waals surface area contributed by atoms with Crippen LogP contribution in [0, 0.1) is 11.8 Å². The van der Waals surface area contributed by atoms with Crippen molar-refractivity contribution >= 4 is 17.5 Å². The third-order valence-corrected chi connectivity index (χ3v) is 4.44. The molecule has 2 aliphatic rings. The molecule has 3 atom stereocenters. The van der Waals surface area contributed by atoms with Crippen molar-refractivity contribution in [3.8, 4) is 0 Å². The van der Waals surface area contributed by atoms with E-state index < -0.39 is 0 Å². The summed E-state index contributed by atoms with van der Waals surface area (Å²) in [7, 11) is 0. The fourth-order valence-electron chi connectivity index (χ4n) is 3.22. The second kappa shape index (κ2) is 5.51. The summed E-state index contributed by atoms with van der Waals surface area (Å²) < 4.78 is 0. The largest absolute Gasteiger partial charge is 0.356 e. The molecule has 112 valence electrons. The lowest BCUT2D eigenvalue weighted by Crippen LogP contribution is -2.38. The Morgan fingerprint density at radius 2 is 2.05 bits per heavy atom. The first kappa shape index (κ1) is 14.1. The quantitative estimate of drug-likeness (QED) is 0.921. The molecule has 3 unspecified atom stereocenters. The summed E-state index contributed by atoms with van der Waals surface area (Å²) >= 11 is 0. The van der Waals surface area contributed by atoms with E-state index in [1.807, 2.05) is 30.0 Å². The minimum Gasteiger partial charge on any atom is -0.356 e. The predicted octanol–water partition coefficient (Wildman–Crippen LogP) is 2.13. The summed E-state index contributed by atoms with van der Waals surface area (Å²) in [6.07, 6.45) is 2.52.